The van der Waals surface area contributed by atoms with E-state index in [1.54, 1.807) is 24.3 Å². The number of hydrogen-bond acceptors (Lipinski definition) is 3. The van der Waals surface area contributed by atoms with Gasteiger partial charge in [0.2, 0.25) is 6.79 Å². The Bertz CT molecular complexity index is 645. The van der Waals surface area contributed by atoms with Crippen LogP contribution in [0.2, 0.25) is 0 Å². The second-order valence-corrected chi connectivity index (χ2v) is 5.42. The molecule has 104 valence electrons. The van der Waals surface area contributed by atoms with Gasteiger partial charge in [0.1, 0.15) is 5.82 Å². The Kier molecular flexibility index (Phi) is 3.63. The molecule has 1 aliphatic heterocycles. The first kappa shape index (κ1) is 13.4. The van der Waals surface area contributed by atoms with E-state index in [4.69, 9.17) is 9.47 Å². The molecule has 1 atom stereocenters. The van der Waals surface area contributed by atoms with E-state index in [0.29, 0.717) is 22.4 Å². The molecule has 0 saturated heterocycles. The summed E-state index contributed by atoms with van der Waals surface area (Å²) in [6.45, 7) is 0.207. The zero-order valence-corrected chi connectivity index (χ0v) is 12.1. The van der Waals surface area contributed by atoms with Crippen molar-refractivity contribution in [3.63, 3.8) is 0 Å². The van der Waals surface area contributed by atoms with Gasteiger partial charge in [-0.2, -0.15) is 0 Å². The van der Waals surface area contributed by atoms with E-state index in [1.807, 2.05) is 0 Å². The van der Waals surface area contributed by atoms with E-state index in [0.717, 1.165) is 11.1 Å². The first-order valence-corrected chi connectivity index (χ1v) is 6.94. The molecule has 2 aromatic carbocycles. The van der Waals surface area contributed by atoms with Crippen LogP contribution in [0.3, 0.4) is 0 Å². The number of ether oxygens (including phenoxy) is 2. The van der Waals surface area contributed by atoms with Crippen molar-refractivity contribution in [2.24, 2.45) is 0 Å². The Labute approximate surface area is 124 Å². The zero-order valence-electron chi connectivity index (χ0n) is 10.5. The van der Waals surface area contributed by atoms with Crippen molar-refractivity contribution in [2.45, 2.75) is 12.5 Å². The Morgan fingerprint density at radius 2 is 1.95 bits per heavy atom. The van der Waals surface area contributed by atoms with Crippen LogP contribution in [0.1, 0.15) is 17.2 Å². The van der Waals surface area contributed by atoms with Crippen LogP contribution < -0.4 is 9.47 Å². The summed E-state index contributed by atoms with van der Waals surface area (Å²) < 4.78 is 24.2. The summed E-state index contributed by atoms with van der Waals surface area (Å²) in [7, 11) is 0. The largest absolute Gasteiger partial charge is 0.454 e. The van der Waals surface area contributed by atoms with Gasteiger partial charge >= 0.3 is 0 Å². The maximum Gasteiger partial charge on any atom is 0.231 e. The number of benzene rings is 2. The summed E-state index contributed by atoms with van der Waals surface area (Å²) in [5, 5.41) is 10.3. The lowest BCUT2D eigenvalue weighted by Gasteiger charge is -2.13. The van der Waals surface area contributed by atoms with Crippen LogP contribution >= 0.6 is 15.9 Å². The van der Waals surface area contributed by atoms with Crippen molar-refractivity contribution in [3.8, 4) is 11.5 Å². The fraction of sp³-hybridized carbons (Fsp3) is 0.200. The molecule has 2 aromatic rings. The van der Waals surface area contributed by atoms with Crippen molar-refractivity contribution in [2.75, 3.05) is 6.79 Å². The highest BCUT2D eigenvalue weighted by atomic mass is 79.9. The molecule has 3 rings (SSSR count). The molecule has 3 nitrogen and oxygen atoms in total. The van der Waals surface area contributed by atoms with Crippen molar-refractivity contribution in [1.29, 1.82) is 0 Å². The fourth-order valence-corrected chi connectivity index (χ4v) is 2.65. The zero-order chi connectivity index (χ0) is 14.1. The number of rotatable bonds is 3. The van der Waals surface area contributed by atoms with Crippen LogP contribution in [-0.2, 0) is 6.42 Å². The van der Waals surface area contributed by atoms with Crippen molar-refractivity contribution >= 4 is 15.9 Å². The summed E-state index contributed by atoms with van der Waals surface area (Å²) in [5.41, 5.74) is 1.59. The van der Waals surface area contributed by atoms with E-state index in [-0.39, 0.29) is 12.6 Å². The van der Waals surface area contributed by atoms with Crippen LogP contribution in [0.5, 0.6) is 11.5 Å². The number of fused-ring (bicyclic) bond motifs is 1. The average Bonchev–Trinajstić information content (AvgIpc) is 2.89. The predicted octanol–water partition coefficient (Wildman–Crippen LogP) is 3.59. The standard InChI is InChI=1S/C15H12BrFO3/c16-12-7-11(17)3-1-9(12)5-13(18)10-2-4-14-15(6-10)20-8-19-14/h1-4,6-7,13,18H,5,8H2. The van der Waals surface area contributed by atoms with E-state index in [2.05, 4.69) is 15.9 Å². The smallest absolute Gasteiger partial charge is 0.231 e. The van der Waals surface area contributed by atoms with Crippen molar-refractivity contribution in [1.82, 2.24) is 0 Å². The number of aliphatic hydroxyl groups excluding tert-OH is 1. The van der Waals surface area contributed by atoms with Crippen LogP contribution in [0, 0.1) is 5.82 Å². The number of halogens is 2. The molecule has 1 aliphatic rings. The maximum atomic E-state index is 13.0. The third-order valence-electron chi connectivity index (χ3n) is 3.21. The average molecular weight is 339 g/mol. The van der Waals surface area contributed by atoms with Crippen LogP contribution in [0.15, 0.2) is 40.9 Å². The Hall–Kier alpha value is -1.59. The van der Waals surface area contributed by atoms with Gasteiger partial charge in [-0.3, -0.25) is 0 Å². The summed E-state index contributed by atoms with van der Waals surface area (Å²) in [6, 6.07) is 9.78. The summed E-state index contributed by atoms with van der Waals surface area (Å²) >= 11 is 3.30. The van der Waals surface area contributed by atoms with Gasteiger partial charge in [0, 0.05) is 10.9 Å². The van der Waals surface area contributed by atoms with E-state index < -0.39 is 6.10 Å². The van der Waals surface area contributed by atoms with E-state index >= 15 is 0 Å². The quantitative estimate of drug-likeness (QED) is 0.929. The summed E-state index contributed by atoms with van der Waals surface area (Å²) in [6.07, 6.45) is -0.299. The highest BCUT2D eigenvalue weighted by Crippen LogP contribution is 2.35. The Morgan fingerprint density at radius 1 is 1.15 bits per heavy atom. The molecular weight excluding hydrogens is 327 g/mol. The lowest BCUT2D eigenvalue weighted by Crippen LogP contribution is -2.02. The summed E-state index contributed by atoms with van der Waals surface area (Å²) in [4.78, 5) is 0. The Balaban J connectivity index is 1.80. The monoisotopic (exact) mass is 338 g/mol. The number of hydrogen-bond donors (Lipinski definition) is 1. The third-order valence-corrected chi connectivity index (χ3v) is 3.95. The molecule has 0 aromatic heterocycles. The molecule has 0 saturated carbocycles. The lowest BCUT2D eigenvalue weighted by molar-refractivity contribution is 0.171. The Morgan fingerprint density at radius 3 is 2.75 bits per heavy atom. The first-order valence-electron chi connectivity index (χ1n) is 6.15. The van der Waals surface area contributed by atoms with Gasteiger partial charge in [-0.05, 0) is 35.4 Å². The minimum atomic E-state index is -0.689. The first-order chi connectivity index (χ1) is 9.63. The molecule has 5 heteroatoms. The van der Waals surface area contributed by atoms with Gasteiger partial charge < -0.3 is 14.6 Å². The third kappa shape index (κ3) is 2.64. The number of aliphatic hydroxyl groups is 1. The topological polar surface area (TPSA) is 38.7 Å². The summed E-state index contributed by atoms with van der Waals surface area (Å²) in [5.74, 6) is 1.02. The molecule has 0 spiro atoms. The molecular formula is C15H12BrFO3. The van der Waals surface area contributed by atoms with Gasteiger partial charge in [0.25, 0.3) is 0 Å². The molecule has 0 fully saturated rings. The predicted molar refractivity (Wildman–Crippen MR) is 75.3 cm³/mol. The second kappa shape index (κ2) is 5.42. The van der Waals surface area contributed by atoms with Gasteiger partial charge in [0.05, 0.1) is 6.10 Å². The van der Waals surface area contributed by atoms with Gasteiger partial charge in [-0.25, -0.2) is 4.39 Å². The van der Waals surface area contributed by atoms with Crippen molar-refractivity contribution < 1.29 is 19.0 Å². The highest BCUT2D eigenvalue weighted by Gasteiger charge is 2.17. The highest BCUT2D eigenvalue weighted by molar-refractivity contribution is 9.10. The second-order valence-electron chi connectivity index (χ2n) is 4.57. The van der Waals surface area contributed by atoms with Gasteiger partial charge in [-0.1, -0.05) is 28.1 Å². The molecule has 1 N–H and O–H groups in total. The molecule has 0 amide bonds. The maximum absolute atomic E-state index is 13.0. The van der Waals surface area contributed by atoms with Crippen LogP contribution in [-0.4, -0.2) is 11.9 Å². The van der Waals surface area contributed by atoms with Crippen molar-refractivity contribution in [3.05, 3.63) is 57.8 Å². The molecule has 1 heterocycles. The van der Waals surface area contributed by atoms with E-state index in [9.17, 15) is 9.50 Å². The molecule has 0 aliphatic carbocycles. The molecule has 20 heavy (non-hydrogen) atoms. The fourth-order valence-electron chi connectivity index (χ4n) is 2.13. The molecule has 1 unspecified atom stereocenters. The molecule has 0 radical (unpaired) electrons. The minimum absolute atomic E-state index is 0.207. The van der Waals surface area contributed by atoms with Crippen LogP contribution in [0.25, 0.3) is 0 Å². The SMILES string of the molecule is OC(Cc1ccc(F)cc1Br)c1ccc2c(c1)OCO2. The normalized spacial score (nSPS) is 14.3. The minimum Gasteiger partial charge on any atom is -0.454 e. The van der Waals surface area contributed by atoms with Crippen LogP contribution in [0.4, 0.5) is 4.39 Å². The van der Waals surface area contributed by atoms with Gasteiger partial charge in [0.15, 0.2) is 11.5 Å². The van der Waals surface area contributed by atoms with Gasteiger partial charge in [-0.15, -0.1) is 0 Å². The van der Waals surface area contributed by atoms with E-state index in [1.165, 1.54) is 12.1 Å². The molecule has 0 bridgehead atoms. The lowest BCUT2D eigenvalue weighted by atomic mass is 10.0.